The highest BCUT2D eigenvalue weighted by Gasteiger charge is 2.20. The van der Waals surface area contributed by atoms with E-state index in [2.05, 4.69) is 10.4 Å². The molecule has 4 rings (SSSR count). The number of amides is 1. The molecule has 0 atom stereocenters. The first-order valence-corrected chi connectivity index (χ1v) is 11.1. The van der Waals surface area contributed by atoms with E-state index in [0.29, 0.717) is 34.8 Å². The van der Waals surface area contributed by atoms with Gasteiger partial charge in [0.05, 0.1) is 16.8 Å². The first-order chi connectivity index (χ1) is 14.9. The monoisotopic (exact) mass is 436 g/mol. The molecule has 2 heterocycles. The minimum absolute atomic E-state index is 0.0133. The minimum atomic E-state index is -3.93. The third kappa shape index (κ3) is 4.27. The van der Waals surface area contributed by atoms with E-state index < -0.39 is 15.9 Å². The van der Waals surface area contributed by atoms with Crippen molar-refractivity contribution in [3.8, 4) is 17.1 Å². The largest absolute Gasteiger partial charge is 0.463 e. The van der Waals surface area contributed by atoms with E-state index in [9.17, 15) is 13.2 Å². The Morgan fingerprint density at radius 1 is 1.10 bits per heavy atom. The number of hydrogen-bond acceptors (Lipinski definition) is 5. The number of carbonyl (C=O) groups is 1. The number of furan rings is 1. The second kappa shape index (κ2) is 8.21. The molecule has 1 amide bonds. The van der Waals surface area contributed by atoms with E-state index in [-0.39, 0.29) is 10.6 Å². The molecule has 0 radical (unpaired) electrons. The molecule has 158 valence electrons. The Balaban J connectivity index is 1.74. The van der Waals surface area contributed by atoms with Gasteiger partial charge in [-0.3, -0.25) is 4.79 Å². The van der Waals surface area contributed by atoms with Gasteiger partial charge < -0.3 is 9.73 Å². The molecule has 0 aliphatic heterocycles. The van der Waals surface area contributed by atoms with E-state index in [1.165, 1.54) is 17.0 Å². The van der Waals surface area contributed by atoms with Crippen molar-refractivity contribution in [2.45, 2.75) is 18.2 Å². The minimum Gasteiger partial charge on any atom is -0.463 e. The molecule has 9 heteroatoms. The Bertz CT molecular complexity index is 1330. The molecule has 4 aromatic rings. The van der Waals surface area contributed by atoms with Crippen LogP contribution in [0.1, 0.15) is 23.0 Å². The van der Waals surface area contributed by atoms with Crippen LogP contribution in [0.4, 0.5) is 5.69 Å². The lowest BCUT2D eigenvalue weighted by atomic mass is 10.1. The molecular formula is C22H20N4O4S. The number of aromatic nitrogens is 2. The Morgan fingerprint density at radius 2 is 1.87 bits per heavy atom. The number of aryl methyl sites for hydroxylation is 1. The molecule has 3 N–H and O–H groups in total. The van der Waals surface area contributed by atoms with Crippen molar-refractivity contribution >= 4 is 21.6 Å². The first-order valence-electron chi connectivity index (χ1n) is 9.53. The van der Waals surface area contributed by atoms with Crippen molar-refractivity contribution in [3.63, 3.8) is 0 Å². The summed E-state index contributed by atoms with van der Waals surface area (Å²) in [7, 11) is -3.93. The third-order valence-corrected chi connectivity index (χ3v) is 5.72. The standard InChI is InChI=1S/C22H20N4O4S/c1-2-15-10-11-16(13-21(15)31(23,28)29)24-22(27)19-14-18(20-9-6-12-30-20)25-26(19)17-7-4-3-5-8-17/h3-14H,2H2,1H3,(H,24,27)(H2,23,28,29). The lowest BCUT2D eigenvalue weighted by molar-refractivity contribution is 0.101. The van der Waals surface area contributed by atoms with Gasteiger partial charge in [-0.2, -0.15) is 5.10 Å². The smallest absolute Gasteiger partial charge is 0.274 e. The van der Waals surface area contributed by atoms with Gasteiger partial charge in [-0.1, -0.05) is 31.2 Å². The molecule has 31 heavy (non-hydrogen) atoms. The van der Waals surface area contributed by atoms with Crippen molar-refractivity contribution in [2.24, 2.45) is 5.14 Å². The normalized spacial score (nSPS) is 11.4. The van der Waals surface area contributed by atoms with Crippen molar-refractivity contribution in [3.05, 3.63) is 84.3 Å². The summed E-state index contributed by atoms with van der Waals surface area (Å²) >= 11 is 0. The molecular weight excluding hydrogens is 416 g/mol. The lowest BCUT2D eigenvalue weighted by Gasteiger charge is -2.11. The fourth-order valence-electron chi connectivity index (χ4n) is 3.24. The fraction of sp³-hybridized carbons (Fsp3) is 0.0909. The van der Waals surface area contributed by atoms with Gasteiger partial charge in [0.15, 0.2) is 5.76 Å². The molecule has 0 aliphatic carbocycles. The van der Waals surface area contributed by atoms with Crippen LogP contribution in [-0.4, -0.2) is 24.1 Å². The molecule has 0 saturated carbocycles. The van der Waals surface area contributed by atoms with Crippen LogP contribution in [0.3, 0.4) is 0 Å². The lowest BCUT2D eigenvalue weighted by Crippen LogP contribution is -2.18. The predicted molar refractivity (Wildman–Crippen MR) is 116 cm³/mol. The maximum absolute atomic E-state index is 13.1. The summed E-state index contributed by atoms with van der Waals surface area (Å²) in [6.07, 6.45) is 2.02. The highest BCUT2D eigenvalue weighted by Crippen LogP contribution is 2.24. The maximum Gasteiger partial charge on any atom is 0.274 e. The van der Waals surface area contributed by atoms with Crippen LogP contribution in [0, 0.1) is 0 Å². The summed E-state index contributed by atoms with van der Waals surface area (Å²) < 4.78 is 30.8. The second-order valence-corrected chi connectivity index (χ2v) is 8.34. The third-order valence-electron chi connectivity index (χ3n) is 4.73. The summed E-state index contributed by atoms with van der Waals surface area (Å²) in [5.41, 5.74) is 2.33. The summed E-state index contributed by atoms with van der Waals surface area (Å²) in [6, 6.07) is 18.9. The molecule has 0 spiro atoms. The summed E-state index contributed by atoms with van der Waals surface area (Å²) in [4.78, 5) is 13.1. The number of sulfonamides is 1. The number of primary sulfonamides is 1. The summed E-state index contributed by atoms with van der Waals surface area (Å²) in [5.74, 6) is 0.0614. The quantitative estimate of drug-likeness (QED) is 0.478. The SMILES string of the molecule is CCc1ccc(NC(=O)c2cc(-c3ccco3)nn2-c2ccccc2)cc1S(N)(=O)=O. The molecule has 2 aromatic heterocycles. The van der Waals surface area contributed by atoms with Crippen LogP contribution >= 0.6 is 0 Å². The zero-order valence-corrected chi connectivity index (χ0v) is 17.5. The van der Waals surface area contributed by atoms with Crippen LogP contribution in [0.25, 0.3) is 17.1 Å². The molecule has 0 fully saturated rings. The number of nitrogens with one attached hydrogen (secondary N) is 1. The van der Waals surface area contributed by atoms with Gasteiger partial charge in [0, 0.05) is 11.8 Å². The Kier molecular flexibility index (Phi) is 5.45. The molecule has 0 unspecified atom stereocenters. The number of benzene rings is 2. The van der Waals surface area contributed by atoms with Gasteiger partial charge in [-0.15, -0.1) is 0 Å². The van der Waals surface area contributed by atoms with Gasteiger partial charge >= 0.3 is 0 Å². The van der Waals surface area contributed by atoms with Crippen molar-refractivity contribution in [1.82, 2.24) is 9.78 Å². The number of carbonyl (C=O) groups excluding carboxylic acids is 1. The van der Waals surface area contributed by atoms with Crippen LogP contribution in [0.5, 0.6) is 0 Å². The number of hydrogen-bond donors (Lipinski definition) is 2. The molecule has 0 bridgehead atoms. The zero-order valence-electron chi connectivity index (χ0n) is 16.6. The van der Waals surface area contributed by atoms with E-state index >= 15 is 0 Å². The molecule has 8 nitrogen and oxygen atoms in total. The van der Waals surface area contributed by atoms with Gasteiger partial charge in [0.1, 0.15) is 11.4 Å². The van der Waals surface area contributed by atoms with Crippen LogP contribution < -0.4 is 10.5 Å². The van der Waals surface area contributed by atoms with E-state index in [0.717, 1.165) is 0 Å². The Labute approximate surface area is 179 Å². The fourth-order valence-corrected chi connectivity index (χ4v) is 4.11. The van der Waals surface area contributed by atoms with Gasteiger partial charge in [0.2, 0.25) is 10.0 Å². The number of rotatable bonds is 6. The van der Waals surface area contributed by atoms with Crippen LogP contribution in [0.15, 0.2) is 82.3 Å². The Hall–Kier alpha value is -3.69. The van der Waals surface area contributed by atoms with Crippen molar-refractivity contribution in [1.29, 1.82) is 0 Å². The number of nitrogens with zero attached hydrogens (tertiary/aromatic N) is 2. The van der Waals surface area contributed by atoms with E-state index in [1.807, 2.05) is 37.3 Å². The van der Waals surface area contributed by atoms with Gasteiger partial charge in [-0.25, -0.2) is 18.2 Å². The van der Waals surface area contributed by atoms with Crippen molar-refractivity contribution in [2.75, 3.05) is 5.32 Å². The van der Waals surface area contributed by atoms with E-state index in [4.69, 9.17) is 9.56 Å². The topological polar surface area (TPSA) is 120 Å². The molecule has 2 aromatic carbocycles. The average Bonchev–Trinajstić information content (AvgIpc) is 3.44. The molecule has 0 aliphatic rings. The second-order valence-electron chi connectivity index (χ2n) is 6.81. The van der Waals surface area contributed by atoms with E-state index in [1.54, 1.807) is 30.3 Å². The highest BCUT2D eigenvalue weighted by molar-refractivity contribution is 7.89. The first kappa shape index (κ1) is 20.6. The van der Waals surface area contributed by atoms with Crippen molar-refractivity contribution < 1.29 is 17.6 Å². The Morgan fingerprint density at radius 3 is 2.52 bits per heavy atom. The number of nitrogens with two attached hydrogens (primary N) is 1. The summed E-state index contributed by atoms with van der Waals surface area (Å²) in [6.45, 7) is 1.83. The maximum atomic E-state index is 13.1. The zero-order chi connectivity index (χ0) is 22.0. The predicted octanol–water partition coefficient (Wildman–Crippen LogP) is 3.59. The van der Waals surface area contributed by atoms with Crippen LogP contribution in [0.2, 0.25) is 0 Å². The van der Waals surface area contributed by atoms with Crippen LogP contribution in [-0.2, 0) is 16.4 Å². The van der Waals surface area contributed by atoms with Gasteiger partial charge in [-0.05, 0) is 48.4 Å². The number of anilines is 1. The number of para-hydroxylation sites is 1. The average molecular weight is 436 g/mol. The summed E-state index contributed by atoms with van der Waals surface area (Å²) in [5, 5.41) is 12.6. The molecule has 0 saturated heterocycles. The highest BCUT2D eigenvalue weighted by atomic mass is 32.2. The van der Waals surface area contributed by atoms with Gasteiger partial charge in [0.25, 0.3) is 5.91 Å².